The second-order valence-electron chi connectivity index (χ2n) is 8.57. The molecule has 2 aromatic heterocycles. The quantitative estimate of drug-likeness (QED) is 0.603. The van der Waals surface area contributed by atoms with Gasteiger partial charge in [-0.3, -0.25) is 9.36 Å². The summed E-state index contributed by atoms with van der Waals surface area (Å²) >= 11 is 1.61. The Morgan fingerprint density at radius 1 is 1.20 bits per heavy atom. The Morgan fingerprint density at radius 3 is 2.57 bits per heavy atom. The van der Waals surface area contributed by atoms with Gasteiger partial charge in [-0.2, -0.15) is 0 Å². The molecule has 0 bridgehead atoms. The molecule has 158 valence electrons. The summed E-state index contributed by atoms with van der Waals surface area (Å²) in [4.78, 5) is 32.8. The van der Waals surface area contributed by atoms with E-state index in [2.05, 4.69) is 0 Å². The van der Waals surface area contributed by atoms with Crippen LogP contribution in [0, 0.1) is 6.92 Å². The maximum Gasteiger partial charge on any atom is 0.326 e. The van der Waals surface area contributed by atoms with Crippen molar-refractivity contribution in [2.45, 2.75) is 71.3 Å². The Bertz CT molecular complexity index is 1140. The summed E-state index contributed by atoms with van der Waals surface area (Å²) in [5.74, 6) is -0.443. The van der Waals surface area contributed by atoms with E-state index < -0.39 is 12.0 Å². The number of carbonyl (C=O) groups is 1. The van der Waals surface area contributed by atoms with Crippen molar-refractivity contribution in [3.8, 4) is 0 Å². The predicted octanol–water partition coefficient (Wildman–Crippen LogP) is 5.03. The van der Waals surface area contributed by atoms with E-state index in [1.165, 1.54) is 15.0 Å². The number of hydrogen-bond acceptors (Lipinski definition) is 4. The maximum atomic E-state index is 13.7. The van der Waals surface area contributed by atoms with Crippen LogP contribution in [0.25, 0.3) is 10.2 Å². The van der Waals surface area contributed by atoms with Gasteiger partial charge in [0.25, 0.3) is 5.56 Å². The van der Waals surface area contributed by atoms with Crippen LogP contribution in [0.5, 0.6) is 0 Å². The fourth-order valence-electron chi connectivity index (χ4n) is 4.36. The number of hydrogen-bond donors (Lipinski definition) is 1. The number of fused-ring (bicyclic) bond motifs is 3. The van der Waals surface area contributed by atoms with E-state index in [9.17, 15) is 14.7 Å². The first-order chi connectivity index (χ1) is 14.4. The van der Waals surface area contributed by atoms with Crippen LogP contribution in [0.4, 0.5) is 0 Å². The second kappa shape index (κ2) is 8.34. The number of rotatable bonds is 6. The standard InChI is InChI=1S/C24H28N2O3S/c1-14(2)21-25-22-20(17-6-4-5-7-19(17)30-22)23(27)26(21)18(24(28)29)13-12-16-10-8-15(3)9-11-16/h8-11,14,18H,4-7,12-13H2,1-3H3,(H,28,29). The molecule has 1 atom stereocenters. The highest BCUT2D eigenvalue weighted by molar-refractivity contribution is 7.18. The Labute approximate surface area is 180 Å². The highest BCUT2D eigenvalue weighted by Crippen LogP contribution is 2.35. The Balaban J connectivity index is 1.81. The zero-order chi connectivity index (χ0) is 21.4. The number of carboxylic acids is 1. The lowest BCUT2D eigenvalue weighted by Crippen LogP contribution is -2.34. The van der Waals surface area contributed by atoms with Gasteiger partial charge < -0.3 is 5.11 Å². The van der Waals surface area contributed by atoms with Gasteiger partial charge in [0.05, 0.1) is 5.39 Å². The number of thiophene rings is 1. The van der Waals surface area contributed by atoms with Gasteiger partial charge in [-0.15, -0.1) is 11.3 Å². The lowest BCUT2D eigenvalue weighted by molar-refractivity contribution is -0.141. The summed E-state index contributed by atoms with van der Waals surface area (Å²) in [5, 5.41) is 10.7. The van der Waals surface area contributed by atoms with Gasteiger partial charge in [0.1, 0.15) is 16.7 Å². The van der Waals surface area contributed by atoms with Gasteiger partial charge in [-0.25, -0.2) is 9.78 Å². The van der Waals surface area contributed by atoms with Gasteiger partial charge in [0.15, 0.2) is 0 Å². The fourth-order valence-corrected chi connectivity index (χ4v) is 5.62. The molecule has 0 radical (unpaired) electrons. The van der Waals surface area contributed by atoms with Crippen molar-refractivity contribution in [1.29, 1.82) is 0 Å². The predicted molar refractivity (Wildman–Crippen MR) is 121 cm³/mol. The smallest absolute Gasteiger partial charge is 0.326 e. The zero-order valence-corrected chi connectivity index (χ0v) is 18.6. The second-order valence-corrected chi connectivity index (χ2v) is 9.65. The Kier molecular flexibility index (Phi) is 5.78. The molecule has 0 amide bonds. The maximum absolute atomic E-state index is 13.7. The molecule has 2 heterocycles. The van der Waals surface area contributed by atoms with E-state index in [4.69, 9.17) is 4.98 Å². The molecule has 1 N–H and O–H groups in total. The molecule has 0 aliphatic heterocycles. The molecule has 0 saturated carbocycles. The van der Waals surface area contributed by atoms with E-state index in [1.54, 1.807) is 11.3 Å². The highest BCUT2D eigenvalue weighted by atomic mass is 32.1. The monoisotopic (exact) mass is 424 g/mol. The molecule has 1 aromatic carbocycles. The first-order valence-electron chi connectivity index (χ1n) is 10.7. The molecule has 1 unspecified atom stereocenters. The van der Waals surface area contributed by atoms with Crippen molar-refractivity contribution in [2.24, 2.45) is 0 Å². The third kappa shape index (κ3) is 3.81. The van der Waals surface area contributed by atoms with Crippen molar-refractivity contribution in [2.75, 3.05) is 0 Å². The highest BCUT2D eigenvalue weighted by Gasteiger charge is 2.29. The summed E-state index contributed by atoms with van der Waals surface area (Å²) in [6.45, 7) is 5.97. The number of aryl methyl sites for hydroxylation is 4. The summed E-state index contributed by atoms with van der Waals surface area (Å²) in [6.07, 6.45) is 5.04. The molecule has 1 aliphatic rings. The average Bonchev–Trinajstić information content (AvgIpc) is 3.09. The first kappa shape index (κ1) is 20.8. The molecule has 30 heavy (non-hydrogen) atoms. The van der Waals surface area contributed by atoms with Crippen LogP contribution in [-0.2, 0) is 24.1 Å². The number of nitrogens with zero attached hydrogens (tertiary/aromatic N) is 2. The number of aromatic nitrogens is 2. The van der Waals surface area contributed by atoms with Gasteiger partial charge in [0.2, 0.25) is 0 Å². The Hall–Kier alpha value is -2.47. The molecular weight excluding hydrogens is 396 g/mol. The van der Waals surface area contributed by atoms with Crippen LogP contribution < -0.4 is 5.56 Å². The lowest BCUT2D eigenvalue weighted by Gasteiger charge is -2.21. The van der Waals surface area contributed by atoms with Crippen LogP contribution in [0.1, 0.15) is 72.5 Å². The number of carboxylic acid groups (broad SMARTS) is 1. The van der Waals surface area contributed by atoms with Crippen molar-refractivity contribution >= 4 is 27.5 Å². The van der Waals surface area contributed by atoms with Crippen LogP contribution >= 0.6 is 11.3 Å². The number of aliphatic carboxylic acids is 1. The minimum atomic E-state index is -0.976. The largest absolute Gasteiger partial charge is 0.480 e. The van der Waals surface area contributed by atoms with Crippen molar-refractivity contribution < 1.29 is 9.90 Å². The topological polar surface area (TPSA) is 72.2 Å². The lowest BCUT2D eigenvalue weighted by atomic mass is 9.97. The molecule has 0 fully saturated rings. The summed E-state index contributed by atoms with van der Waals surface area (Å²) in [6, 6.07) is 7.19. The van der Waals surface area contributed by atoms with E-state index in [0.717, 1.165) is 41.6 Å². The van der Waals surface area contributed by atoms with E-state index >= 15 is 0 Å². The third-order valence-electron chi connectivity index (χ3n) is 5.99. The van der Waals surface area contributed by atoms with Crippen LogP contribution in [-0.4, -0.2) is 20.6 Å². The van der Waals surface area contributed by atoms with E-state index in [-0.39, 0.29) is 11.5 Å². The molecule has 0 spiro atoms. The molecule has 6 heteroatoms. The van der Waals surface area contributed by atoms with Gasteiger partial charge in [0, 0.05) is 10.8 Å². The van der Waals surface area contributed by atoms with Gasteiger partial charge in [-0.1, -0.05) is 43.7 Å². The molecule has 4 rings (SSSR count). The fraction of sp³-hybridized carbons (Fsp3) is 0.458. The third-order valence-corrected chi connectivity index (χ3v) is 7.17. The molecule has 0 saturated heterocycles. The average molecular weight is 425 g/mol. The van der Waals surface area contributed by atoms with Crippen molar-refractivity contribution in [3.05, 3.63) is 62.0 Å². The van der Waals surface area contributed by atoms with E-state index in [0.29, 0.717) is 24.1 Å². The minimum Gasteiger partial charge on any atom is -0.480 e. The van der Waals surface area contributed by atoms with Crippen LogP contribution in [0.2, 0.25) is 0 Å². The molecular formula is C24H28N2O3S. The summed E-state index contributed by atoms with van der Waals surface area (Å²) < 4.78 is 1.48. The Morgan fingerprint density at radius 2 is 1.90 bits per heavy atom. The zero-order valence-electron chi connectivity index (χ0n) is 17.8. The minimum absolute atomic E-state index is 0.0394. The normalized spacial score (nSPS) is 14.8. The van der Waals surface area contributed by atoms with Gasteiger partial charge >= 0.3 is 5.97 Å². The van der Waals surface area contributed by atoms with Crippen LogP contribution in [0.3, 0.4) is 0 Å². The summed E-state index contributed by atoms with van der Waals surface area (Å²) in [5.41, 5.74) is 3.17. The van der Waals surface area contributed by atoms with E-state index in [1.807, 2.05) is 45.0 Å². The van der Waals surface area contributed by atoms with Crippen LogP contribution in [0.15, 0.2) is 29.1 Å². The summed E-state index contributed by atoms with van der Waals surface area (Å²) in [7, 11) is 0. The SMILES string of the molecule is Cc1ccc(CCC(C(=O)O)n2c(C(C)C)nc3sc4c(c3c2=O)CCCC4)cc1. The first-order valence-corrected chi connectivity index (χ1v) is 11.5. The molecule has 3 aromatic rings. The molecule has 5 nitrogen and oxygen atoms in total. The van der Waals surface area contributed by atoms with Crippen molar-refractivity contribution in [3.63, 3.8) is 0 Å². The molecule has 1 aliphatic carbocycles. The number of benzene rings is 1. The van der Waals surface area contributed by atoms with Crippen molar-refractivity contribution in [1.82, 2.24) is 9.55 Å². The van der Waals surface area contributed by atoms with Gasteiger partial charge in [-0.05, 0) is 56.6 Å².